The molecule has 144 valence electrons. The maximum Gasteiger partial charge on any atom is 0.257 e. The molecule has 1 aliphatic rings. The summed E-state index contributed by atoms with van der Waals surface area (Å²) in [5.74, 6) is -0.0858. The van der Waals surface area contributed by atoms with Gasteiger partial charge in [-0.1, -0.05) is 51.1 Å². The van der Waals surface area contributed by atoms with Gasteiger partial charge in [-0.05, 0) is 59.9 Å². The molecule has 0 aliphatic heterocycles. The second-order valence-corrected chi connectivity index (χ2v) is 9.37. The Balaban J connectivity index is 1.48. The minimum absolute atomic E-state index is 0.0858. The number of aromatic nitrogens is 1. The van der Waals surface area contributed by atoms with Crippen LogP contribution in [0.2, 0.25) is 0 Å². The van der Waals surface area contributed by atoms with E-state index in [2.05, 4.69) is 61.4 Å². The molecule has 28 heavy (non-hydrogen) atoms. The zero-order chi connectivity index (χ0) is 19.7. The van der Waals surface area contributed by atoms with Crippen molar-refractivity contribution in [1.82, 2.24) is 4.98 Å². The van der Waals surface area contributed by atoms with Crippen LogP contribution in [0.4, 0.5) is 5.13 Å². The minimum Gasteiger partial charge on any atom is -0.298 e. The van der Waals surface area contributed by atoms with E-state index in [0.29, 0.717) is 10.7 Å². The third kappa shape index (κ3) is 4.02. The maximum absolute atomic E-state index is 12.7. The summed E-state index contributed by atoms with van der Waals surface area (Å²) in [6.07, 6.45) is 4.66. The van der Waals surface area contributed by atoms with Crippen LogP contribution in [0.25, 0.3) is 11.3 Å². The van der Waals surface area contributed by atoms with E-state index in [1.54, 1.807) is 0 Å². The molecule has 1 N–H and O–H groups in total. The number of carbonyl (C=O) groups excluding carboxylic acids is 1. The average Bonchev–Trinajstić information content (AvgIpc) is 3.15. The SMILES string of the molecule is CC(C)(C)c1ccc(-c2csc(NC(=O)c3ccc4c(c3)CCCC4)n2)cc1. The largest absolute Gasteiger partial charge is 0.298 e. The van der Waals surface area contributed by atoms with Crippen LogP contribution >= 0.6 is 11.3 Å². The zero-order valence-corrected chi connectivity index (χ0v) is 17.5. The second kappa shape index (κ2) is 7.51. The summed E-state index contributed by atoms with van der Waals surface area (Å²) in [6, 6.07) is 14.6. The zero-order valence-electron chi connectivity index (χ0n) is 16.7. The van der Waals surface area contributed by atoms with Crippen molar-refractivity contribution >= 4 is 22.4 Å². The minimum atomic E-state index is -0.0858. The van der Waals surface area contributed by atoms with Crippen LogP contribution < -0.4 is 5.32 Å². The number of carbonyl (C=O) groups is 1. The van der Waals surface area contributed by atoms with Crippen molar-refractivity contribution in [2.45, 2.75) is 51.9 Å². The van der Waals surface area contributed by atoms with Crippen molar-refractivity contribution in [2.75, 3.05) is 5.32 Å². The summed E-state index contributed by atoms with van der Waals surface area (Å²) in [4.78, 5) is 17.3. The van der Waals surface area contributed by atoms with Gasteiger partial charge in [0.25, 0.3) is 5.91 Å². The number of hydrogen-bond donors (Lipinski definition) is 1. The summed E-state index contributed by atoms with van der Waals surface area (Å²) in [5, 5.41) is 5.59. The van der Waals surface area contributed by atoms with Crippen molar-refractivity contribution < 1.29 is 4.79 Å². The third-order valence-corrected chi connectivity index (χ3v) is 6.14. The Labute approximate surface area is 170 Å². The molecule has 0 spiro atoms. The van der Waals surface area contributed by atoms with Crippen LogP contribution in [0, 0.1) is 0 Å². The lowest BCUT2D eigenvalue weighted by molar-refractivity contribution is 0.102. The van der Waals surface area contributed by atoms with E-state index in [4.69, 9.17) is 0 Å². The summed E-state index contributed by atoms with van der Waals surface area (Å²) in [6.45, 7) is 6.62. The molecule has 4 heteroatoms. The van der Waals surface area contributed by atoms with E-state index in [9.17, 15) is 4.79 Å². The van der Waals surface area contributed by atoms with Gasteiger partial charge in [0.1, 0.15) is 0 Å². The molecular formula is C24H26N2OS. The number of benzene rings is 2. The van der Waals surface area contributed by atoms with Gasteiger partial charge in [0, 0.05) is 16.5 Å². The molecule has 1 amide bonds. The number of thiazole rings is 1. The first-order valence-electron chi connectivity index (χ1n) is 9.90. The Morgan fingerprint density at radius 3 is 2.43 bits per heavy atom. The van der Waals surface area contributed by atoms with Gasteiger partial charge in [-0.2, -0.15) is 0 Å². The van der Waals surface area contributed by atoms with Crippen molar-refractivity contribution in [2.24, 2.45) is 0 Å². The Hall–Kier alpha value is -2.46. The van der Waals surface area contributed by atoms with E-state index in [0.717, 1.165) is 24.1 Å². The lowest BCUT2D eigenvalue weighted by atomic mass is 9.86. The monoisotopic (exact) mass is 390 g/mol. The van der Waals surface area contributed by atoms with Gasteiger partial charge >= 0.3 is 0 Å². The fourth-order valence-electron chi connectivity index (χ4n) is 3.65. The first kappa shape index (κ1) is 18.9. The smallest absolute Gasteiger partial charge is 0.257 e. The van der Waals surface area contributed by atoms with Crippen LogP contribution in [0.3, 0.4) is 0 Å². The Kier molecular flexibility index (Phi) is 5.07. The van der Waals surface area contributed by atoms with Gasteiger partial charge in [0.2, 0.25) is 0 Å². The highest BCUT2D eigenvalue weighted by molar-refractivity contribution is 7.14. The molecular weight excluding hydrogens is 364 g/mol. The third-order valence-electron chi connectivity index (χ3n) is 5.38. The molecule has 0 saturated heterocycles. The predicted octanol–water partition coefficient (Wildman–Crippen LogP) is 6.24. The van der Waals surface area contributed by atoms with Crippen LogP contribution in [0.15, 0.2) is 47.8 Å². The van der Waals surface area contributed by atoms with Crippen LogP contribution in [0.5, 0.6) is 0 Å². The number of nitrogens with one attached hydrogen (secondary N) is 1. The van der Waals surface area contributed by atoms with Crippen molar-refractivity contribution in [3.05, 3.63) is 70.1 Å². The van der Waals surface area contributed by atoms with E-state index in [1.165, 1.54) is 40.9 Å². The van der Waals surface area contributed by atoms with Gasteiger partial charge in [0.05, 0.1) is 5.69 Å². The first-order chi connectivity index (χ1) is 13.4. The molecule has 0 unspecified atom stereocenters. The quantitative estimate of drug-likeness (QED) is 0.575. The van der Waals surface area contributed by atoms with Gasteiger partial charge in [-0.3, -0.25) is 10.1 Å². The van der Waals surface area contributed by atoms with E-state index >= 15 is 0 Å². The molecule has 4 rings (SSSR count). The highest BCUT2D eigenvalue weighted by Crippen LogP contribution is 2.29. The number of anilines is 1. The van der Waals surface area contributed by atoms with E-state index < -0.39 is 0 Å². The van der Waals surface area contributed by atoms with Crippen LogP contribution in [0.1, 0.15) is 60.7 Å². The van der Waals surface area contributed by atoms with Gasteiger partial charge in [-0.25, -0.2) is 4.98 Å². The van der Waals surface area contributed by atoms with Gasteiger partial charge < -0.3 is 0 Å². The molecule has 0 radical (unpaired) electrons. The standard InChI is InChI=1S/C24H26N2OS/c1-24(2,3)20-12-10-17(11-13-20)21-15-28-23(25-21)26-22(27)19-9-8-16-6-4-5-7-18(16)14-19/h8-15H,4-7H2,1-3H3,(H,25,26,27). The molecule has 2 aromatic carbocycles. The normalized spacial score (nSPS) is 13.8. The molecule has 3 nitrogen and oxygen atoms in total. The van der Waals surface area contributed by atoms with E-state index in [1.807, 2.05) is 17.5 Å². The number of fused-ring (bicyclic) bond motifs is 1. The molecule has 1 heterocycles. The van der Waals surface area contributed by atoms with Crippen molar-refractivity contribution in [1.29, 1.82) is 0 Å². The summed E-state index contributed by atoms with van der Waals surface area (Å²) >= 11 is 1.46. The summed E-state index contributed by atoms with van der Waals surface area (Å²) in [5.41, 5.74) is 6.81. The van der Waals surface area contributed by atoms with Crippen molar-refractivity contribution in [3.63, 3.8) is 0 Å². The first-order valence-corrected chi connectivity index (χ1v) is 10.8. The molecule has 0 bridgehead atoms. The van der Waals surface area contributed by atoms with Crippen LogP contribution in [-0.4, -0.2) is 10.9 Å². The fraction of sp³-hybridized carbons (Fsp3) is 0.333. The Bertz CT molecular complexity index is 996. The average molecular weight is 391 g/mol. The number of rotatable bonds is 3. The van der Waals surface area contributed by atoms with Gasteiger partial charge in [0.15, 0.2) is 5.13 Å². The lowest BCUT2D eigenvalue weighted by Gasteiger charge is -2.18. The molecule has 0 fully saturated rings. The summed E-state index contributed by atoms with van der Waals surface area (Å²) < 4.78 is 0. The maximum atomic E-state index is 12.7. The predicted molar refractivity (Wildman–Crippen MR) is 117 cm³/mol. The van der Waals surface area contributed by atoms with E-state index in [-0.39, 0.29) is 11.3 Å². The highest BCUT2D eigenvalue weighted by Gasteiger charge is 2.16. The number of aryl methyl sites for hydroxylation is 2. The highest BCUT2D eigenvalue weighted by atomic mass is 32.1. The Morgan fingerprint density at radius 2 is 1.71 bits per heavy atom. The summed E-state index contributed by atoms with van der Waals surface area (Å²) in [7, 11) is 0. The number of hydrogen-bond acceptors (Lipinski definition) is 3. The van der Waals surface area contributed by atoms with Crippen molar-refractivity contribution in [3.8, 4) is 11.3 Å². The van der Waals surface area contributed by atoms with Crippen LogP contribution in [-0.2, 0) is 18.3 Å². The van der Waals surface area contributed by atoms with Gasteiger partial charge in [-0.15, -0.1) is 11.3 Å². The number of amides is 1. The molecule has 0 atom stereocenters. The molecule has 0 saturated carbocycles. The second-order valence-electron chi connectivity index (χ2n) is 8.51. The lowest BCUT2D eigenvalue weighted by Crippen LogP contribution is -2.13. The fourth-order valence-corrected chi connectivity index (χ4v) is 4.36. The number of nitrogens with zero attached hydrogens (tertiary/aromatic N) is 1. The topological polar surface area (TPSA) is 42.0 Å². The molecule has 1 aromatic heterocycles. The Morgan fingerprint density at radius 1 is 1.00 bits per heavy atom. The molecule has 1 aliphatic carbocycles. The molecule has 3 aromatic rings.